The lowest BCUT2D eigenvalue weighted by atomic mass is 10.2. The molecule has 4 heteroatoms. The van der Waals surface area contributed by atoms with Crippen LogP contribution in [0.25, 0.3) is 0 Å². The molecule has 11 heavy (non-hydrogen) atoms. The molecule has 0 saturated carbocycles. The zero-order chi connectivity index (χ0) is 8.43. The Labute approximate surface area is 61.7 Å². The highest BCUT2D eigenvalue weighted by Crippen LogP contribution is 2.14. The molecule has 0 spiro atoms. The number of carbonyl (C=O) groups is 1. The first-order chi connectivity index (χ1) is 5.11. The zero-order valence-corrected chi connectivity index (χ0v) is 5.37. The van der Waals surface area contributed by atoms with Crippen molar-refractivity contribution in [2.24, 2.45) is 0 Å². The molecular formula is C7H4FO3-. The molecule has 0 aliphatic rings. The van der Waals surface area contributed by atoms with E-state index in [1.54, 1.807) is 0 Å². The molecule has 3 nitrogen and oxygen atoms in total. The fourth-order valence-electron chi connectivity index (χ4n) is 0.669. The van der Waals surface area contributed by atoms with Crippen molar-refractivity contribution in [2.75, 3.05) is 0 Å². The zero-order valence-electron chi connectivity index (χ0n) is 5.37. The van der Waals surface area contributed by atoms with Gasteiger partial charge in [-0.1, -0.05) is 11.8 Å². The van der Waals surface area contributed by atoms with Crippen LogP contribution in [0.5, 0.6) is 5.75 Å². The van der Waals surface area contributed by atoms with Gasteiger partial charge in [-0.15, -0.1) is 0 Å². The minimum Gasteiger partial charge on any atom is -0.872 e. The summed E-state index contributed by atoms with van der Waals surface area (Å²) in [6.07, 6.45) is 0. The number of benzene rings is 1. The van der Waals surface area contributed by atoms with Gasteiger partial charge in [0.1, 0.15) is 5.82 Å². The quantitative estimate of drug-likeness (QED) is 0.645. The molecule has 0 bridgehead atoms. The highest BCUT2D eigenvalue weighted by molar-refractivity contribution is 5.90. The van der Waals surface area contributed by atoms with E-state index in [0.29, 0.717) is 6.07 Å². The van der Waals surface area contributed by atoms with Crippen LogP contribution < -0.4 is 5.11 Å². The molecule has 0 unspecified atom stereocenters. The number of rotatable bonds is 1. The van der Waals surface area contributed by atoms with E-state index in [4.69, 9.17) is 5.11 Å². The summed E-state index contributed by atoms with van der Waals surface area (Å²) in [5.41, 5.74) is -0.537. The van der Waals surface area contributed by atoms with E-state index in [1.165, 1.54) is 0 Å². The number of halogens is 1. The summed E-state index contributed by atoms with van der Waals surface area (Å²) in [5.74, 6) is -2.81. The van der Waals surface area contributed by atoms with Gasteiger partial charge >= 0.3 is 5.97 Å². The van der Waals surface area contributed by atoms with Crippen LogP contribution in [-0.2, 0) is 0 Å². The molecule has 58 valence electrons. The summed E-state index contributed by atoms with van der Waals surface area (Å²) in [6.45, 7) is 0. The first-order valence-corrected chi connectivity index (χ1v) is 2.81. The Balaban J connectivity index is 3.23. The first kappa shape index (κ1) is 7.53. The van der Waals surface area contributed by atoms with Crippen LogP contribution in [0.2, 0.25) is 0 Å². The second-order valence-corrected chi connectivity index (χ2v) is 1.95. The van der Waals surface area contributed by atoms with Crippen molar-refractivity contribution in [3.8, 4) is 5.75 Å². The van der Waals surface area contributed by atoms with Crippen molar-refractivity contribution in [2.45, 2.75) is 0 Å². The number of aromatic carboxylic acids is 1. The maximum atomic E-state index is 12.3. The van der Waals surface area contributed by atoms with E-state index in [2.05, 4.69) is 0 Å². The summed E-state index contributed by atoms with van der Waals surface area (Å²) in [4.78, 5) is 10.2. The van der Waals surface area contributed by atoms with E-state index in [-0.39, 0.29) is 0 Å². The number of carboxylic acid groups (broad SMARTS) is 1. The Kier molecular flexibility index (Phi) is 1.76. The van der Waals surface area contributed by atoms with Crippen LogP contribution in [0.1, 0.15) is 10.4 Å². The van der Waals surface area contributed by atoms with Crippen LogP contribution in [0.4, 0.5) is 4.39 Å². The lowest BCUT2D eigenvalue weighted by molar-refractivity contribution is -0.268. The summed E-state index contributed by atoms with van der Waals surface area (Å²) in [7, 11) is 0. The van der Waals surface area contributed by atoms with Gasteiger partial charge in [0.15, 0.2) is 0 Å². The maximum absolute atomic E-state index is 12.3. The summed E-state index contributed by atoms with van der Waals surface area (Å²) in [5, 5.41) is 19.0. The van der Waals surface area contributed by atoms with Crippen LogP contribution in [0.15, 0.2) is 18.2 Å². The van der Waals surface area contributed by atoms with Crippen molar-refractivity contribution < 1.29 is 19.4 Å². The molecule has 0 radical (unpaired) electrons. The van der Waals surface area contributed by atoms with Crippen molar-refractivity contribution in [3.05, 3.63) is 29.6 Å². The van der Waals surface area contributed by atoms with Gasteiger partial charge in [-0.2, -0.15) is 0 Å². The van der Waals surface area contributed by atoms with Gasteiger partial charge in [-0.05, 0) is 12.1 Å². The Hall–Kier alpha value is -1.58. The summed E-state index contributed by atoms with van der Waals surface area (Å²) in [6, 6.07) is 2.51. The van der Waals surface area contributed by atoms with Crippen molar-refractivity contribution in [1.29, 1.82) is 0 Å². The third-order valence-electron chi connectivity index (χ3n) is 1.17. The van der Waals surface area contributed by atoms with E-state index in [0.717, 1.165) is 12.1 Å². The molecule has 0 aliphatic carbocycles. The molecule has 1 aromatic carbocycles. The molecule has 0 atom stereocenters. The van der Waals surface area contributed by atoms with Crippen molar-refractivity contribution in [3.63, 3.8) is 0 Å². The third kappa shape index (κ3) is 1.46. The van der Waals surface area contributed by atoms with Gasteiger partial charge < -0.3 is 10.2 Å². The molecular weight excluding hydrogens is 151 g/mol. The number of hydrogen-bond donors (Lipinski definition) is 1. The fraction of sp³-hybridized carbons (Fsp3) is 0. The van der Waals surface area contributed by atoms with E-state index in [1.807, 2.05) is 0 Å². The fourth-order valence-corrected chi connectivity index (χ4v) is 0.669. The summed E-state index contributed by atoms with van der Waals surface area (Å²) < 4.78 is 12.3. The second kappa shape index (κ2) is 2.57. The van der Waals surface area contributed by atoms with Gasteiger partial charge in [0.25, 0.3) is 0 Å². The van der Waals surface area contributed by atoms with Crippen LogP contribution >= 0.6 is 0 Å². The molecule has 1 rings (SSSR count). The third-order valence-corrected chi connectivity index (χ3v) is 1.17. The Morgan fingerprint density at radius 2 is 2.18 bits per heavy atom. The molecule has 0 saturated heterocycles. The van der Waals surface area contributed by atoms with Crippen LogP contribution in [0.3, 0.4) is 0 Å². The largest absolute Gasteiger partial charge is 0.872 e. The molecule has 0 fully saturated rings. The first-order valence-electron chi connectivity index (χ1n) is 2.81. The average molecular weight is 155 g/mol. The smallest absolute Gasteiger partial charge is 0.335 e. The lowest BCUT2D eigenvalue weighted by Gasteiger charge is -2.07. The Bertz CT molecular complexity index is 296. The minimum absolute atomic E-state index is 0.537. The number of hydrogen-bond acceptors (Lipinski definition) is 2. The van der Waals surface area contributed by atoms with Crippen molar-refractivity contribution >= 4 is 5.97 Å². The SMILES string of the molecule is O=C(O)c1cc(F)ccc1[O-]. The van der Waals surface area contributed by atoms with Gasteiger partial charge in [0, 0.05) is 0 Å². The Morgan fingerprint density at radius 3 is 2.64 bits per heavy atom. The molecule has 0 amide bonds. The predicted molar refractivity (Wildman–Crippen MR) is 32.8 cm³/mol. The summed E-state index contributed by atoms with van der Waals surface area (Å²) >= 11 is 0. The molecule has 1 aromatic rings. The van der Waals surface area contributed by atoms with Crippen LogP contribution in [-0.4, -0.2) is 11.1 Å². The van der Waals surface area contributed by atoms with E-state index < -0.39 is 23.1 Å². The maximum Gasteiger partial charge on any atom is 0.335 e. The highest BCUT2D eigenvalue weighted by atomic mass is 19.1. The Morgan fingerprint density at radius 1 is 1.55 bits per heavy atom. The lowest BCUT2D eigenvalue weighted by Crippen LogP contribution is -2.03. The van der Waals surface area contributed by atoms with E-state index in [9.17, 15) is 14.3 Å². The van der Waals surface area contributed by atoms with E-state index >= 15 is 0 Å². The monoisotopic (exact) mass is 155 g/mol. The normalized spacial score (nSPS) is 9.55. The van der Waals surface area contributed by atoms with Gasteiger partial charge in [-0.3, -0.25) is 0 Å². The highest BCUT2D eigenvalue weighted by Gasteiger charge is 2.03. The predicted octanol–water partition coefficient (Wildman–Crippen LogP) is 0.597. The van der Waals surface area contributed by atoms with Crippen molar-refractivity contribution in [1.82, 2.24) is 0 Å². The van der Waals surface area contributed by atoms with Gasteiger partial charge in [0.2, 0.25) is 0 Å². The molecule has 0 heterocycles. The average Bonchev–Trinajstić information content (AvgIpc) is 1.94. The number of carboxylic acids is 1. The minimum atomic E-state index is -1.41. The van der Waals surface area contributed by atoms with Gasteiger partial charge in [-0.25, -0.2) is 9.18 Å². The standard InChI is InChI=1S/C7H5FO3/c8-4-1-2-6(9)5(3-4)7(10)11/h1-3,9H,(H,10,11)/p-1. The molecule has 1 N–H and O–H groups in total. The molecule has 0 aromatic heterocycles. The topological polar surface area (TPSA) is 60.4 Å². The second-order valence-electron chi connectivity index (χ2n) is 1.95. The molecule has 0 aliphatic heterocycles. The van der Waals surface area contributed by atoms with Crippen LogP contribution in [0, 0.1) is 5.82 Å². The van der Waals surface area contributed by atoms with Gasteiger partial charge in [0.05, 0.1) is 5.56 Å².